The van der Waals surface area contributed by atoms with Gasteiger partial charge in [-0.1, -0.05) is 0 Å². The molecule has 0 heterocycles. The van der Waals surface area contributed by atoms with E-state index in [9.17, 15) is 0 Å². The third kappa shape index (κ3) is 3.69. The van der Waals surface area contributed by atoms with E-state index in [2.05, 4.69) is 22.4 Å². The van der Waals surface area contributed by atoms with Gasteiger partial charge < -0.3 is 4.74 Å². The fourth-order valence-corrected chi connectivity index (χ4v) is 1.10. The monoisotopic (exact) mass is 207 g/mol. The van der Waals surface area contributed by atoms with Crippen molar-refractivity contribution in [2.45, 2.75) is 26.4 Å². The first kappa shape index (κ1) is 10.9. The summed E-state index contributed by atoms with van der Waals surface area (Å²) in [5.74, 6) is 0.834. The second-order valence-electron chi connectivity index (χ2n) is 3.91. The fourth-order valence-electron chi connectivity index (χ4n) is 0.995. The molecule has 0 saturated carbocycles. The van der Waals surface area contributed by atoms with Crippen molar-refractivity contribution in [1.82, 2.24) is 0 Å². The van der Waals surface area contributed by atoms with Gasteiger partial charge in [0.25, 0.3) is 0 Å². The number of hydrogen-bond acceptors (Lipinski definition) is 3. The number of nitrogens with zero attached hydrogens (tertiary/aromatic N) is 1. The Balaban J connectivity index is 2.78. The van der Waals surface area contributed by atoms with Gasteiger partial charge in [-0.2, -0.15) is 4.99 Å². The van der Waals surface area contributed by atoms with E-state index < -0.39 is 0 Å². The van der Waals surface area contributed by atoms with Crippen LogP contribution >= 0.6 is 12.2 Å². The van der Waals surface area contributed by atoms with Gasteiger partial charge in [-0.15, -0.1) is 0 Å². The Bertz CT molecular complexity index is 345. The Morgan fingerprint density at radius 3 is 2.21 bits per heavy atom. The van der Waals surface area contributed by atoms with Crippen molar-refractivity contribution in [3.63, 3.8) is 0 Å². The highest BCUT2D eigenvalue weighted by molar-refractivity contribution is 7.78. The Hall–Kier alpha value is -1.18. The van der Waals surface area contributed by atoms with E-state index in [4.69, 9.17) is 4.74 Å². The Morgan fingerprint density at radius 1 is 1.21 bits per heavy atom. The molecule has 2 nitrogen and oxygen atoms in total. The molecule has 14 heavy (non-hydrogen) atoms. The van der Waals surface area contributed by atoms with Crippen LogP contribution in [0.3, 0.4) is 0 Å². The van der Waals surface area contributed by atoms with Crippen LogP contribution in [-0.2, 0) is 0 Å². The van der Waals surface area contributed by atoms with Crippen LogP contribution in [0.5, 0.6) is 5.75 Å². The third-order valence-corrected chi connectivity index (χ3v) is 1.53. The highest BCUT2D eigenvalue weighted by Gasteiger charge is 2.10. The lowest BCUT2D eigenvalue weighted by atomic mass is 10.2. The number of thiocarbonyl (C=S) groups is 1. The molecule has 0 atom stereocenters. The lowest BCUT2D eigenvalue weighted by molar-refractivity contribution is 0.131. The maximum Gasteiger partial charge on any atom is 0.120 e. The van der Waals surface area contributed by atoms with E-state index in [0.717, 1.165) is 11.4 Å². The zero-order valence-electron chi connectivity index (χ0n) is 8.57. The topological polar surface area (TPSA) is 21.6 Å². The average Bonchev–Trinajstić information content (AvgIpc) is 2.06. The number of aliphatic imine (C=N–C) groups is 1. The number of hydrogen-bond donors (Lipinski definition) is 0. The van der Waals surface area contributed by atoms with Crippen molar-refractivity contribution in [3.05, 3.63) is 24.3 Å². The summed E-state index contributed by atoms with van der Waals surface area (Å²) in [7, 11) is 0. The van der Waals surface area contributed by atoms with E-state index in [1.165, 1.54) is 0 Å². The molecule has 0 aliphatic heterocycles. The van der Waals surface area contributed by atoms with Crippen molar-refractivity contribution in [3.8, 4) is 5.75 Å². The SMILES string of the molecule is CC(C)(C)Oc1ccc(N=C=S)cc1. The number of isothiocyanates is 1. The summed E-state index contributed by atoms with van der Waals surface area (Å²) in [6.07, 6.45) is 0. The molecule has 1 aromatic carbocycles. The number of rotatable bonds is 2. The lowest BCUT2D eigenvalue weighted by Crippen LogP contribution is -2.22. The van der Waals surface area contributed by atoms with Gasteiger partial charge in [-0.25, -0.2) is 0 Å². The molecule has 0 aliphatic rings. The molecule has 74 valence electrons. The van der Waals surface area contributed by atoms with E-state index in [0.29, 0.717) is 0 Å². The fraction of sp³-hybridized carbons (Fsp3) is 0.364. The normalized spacial score (nSPS) is 10.5. The van der Waals surface area contributed by atoms with E-state index in [1.54, 1.807) is 0 Å². The molecule has 0 N–H and O–H groups in total. The quantitative estimate of drug-likeness (QED) is 0.546. The molecule has 0 radical (unpaired) electrons. The molecule has 0 fully saturated rings. The van der Waals surface area contributed by atoms with Crippen LogP contribution in [0, 0.1) is 0 Å². The largest absolute Gasteiger partial charge is 0.488 e. The maximum atomic E-state index is 5.65. The van der Waals surface area contributed by atoms with Crippen LogP contribution in [0.25, 0.3) is 0 Å². The zero-order valence-corrected chi connectivity index (χ0v) is 9.39. The Labute approximate surface area is 89.6 Å². The predicted octanol–water partition coefficient (Wildman–Crippen LogP) is 3.60. The van der Waals surface area contributed by atoms with Crippen molar-refractivity contribution in [1.29, 1.82) is 0 Å². The molecular formula is C11H13NOS. The molecule has 0 saturated heterocycles. The predicted molar refractivity (Wildman–Crippen MR) is 61.5 cm³/mol. The average molecular weight is 207 g/mol. The molecule has 0 spiro atoms. The van der Waals surface area contributed by atoms with Gasteiger partial charge >= 0.3 is 0 Å². The summed E-state index contributed by atoms with van der Waals surface area (Å²) in [6.45, 7) is 6.03. The Morgan fingerprint density at radius 2 is 1.79 bits per heavy atom. The van der Waals surface area contributed by atoms with Crippen LogP contribution in [0.1, 0.15) is 20.8 Å². The van der Waals surface area contributed by atoms with Crippen LogP contribution in [0.4, 0.5) is 5.69 Å². The molecular weight excluding hydrogens is 194 g/mol. The summed E-state index contributed by atoms with van der Waals surface area (Å²) >= 11 is 4.51. The van der Waals surface area contributed by atoms with Crippen molar-refractivity contribution in [2.75, 3.05) is 0 Å². The molecule has 3 heteroatoms. The summed E-state index contributed by atoms with van der Waals surface area (Å²) in [5, 5.41) is 2.32. The highest BCUT2D eigenvalue weighted by atomic mass is 32.1. The summed E-state index contributed by atoms with van der Waals surface area (Å²) in [5.41, 5.74) is 0.621. The van der Waals surface area contributed by atoms with Crippen LogP contribution in [-0.4, -0.2) is 10.8 Å². The van der Waals surface area contributed by atoms with E-state index in [1.807, 2.05) is 45.0 Å². The van der Waals surface area contributed by atoms with E-state index >= 15 is 0 Å². The second-order valence-corrected chi connectivity index (χ2v) is 4.09. The molecule has 1 aromatic rings. The minimum Gasteiger partial charge on any atom is -0.488 e. The molecule has 0 aromatic heterocycles. The van der Waals surface area contributed by atoms with Gasteiger partial charge in [0.2, 0.25) is 0 Å². The van der Waals surface area contributed by atoms with Gasteiger partial charge in [0.15, 0.2) is 0 Å². The molecule has 1 rings (SSSR count). The first-order chi connectivity index (χ1) is 6.51. The lowest BCUT2D eigenvalue weighted by Gasteiger charge is -2.21. The molecule has 0 bridgehead atoms. The maximum absolute atomic E-state index is 5.65. The molecule has 0 amide bonds. The van der Waals surface area contributed by atoms with Gasteiger partial charge in [0.1, 0.15) is 11.4 Å². The molecule has 0 unspecified atom stereocenters. The smallest absolute Gasteiger partial charge is 0.120 e. The third-order valence-electron chi connectivity index (χ3n) is 1.44. The number of benzene rings is 1. The first-order valence-electron chi connectivity index (χ1n) is 4.38. The van der Waals surface area contributed by atoms with Crippen LogP contribution in [0.2, 0.25) is 0 Å². The van der Waals surface area contributed by atoms with Crippen molar-refractivity contribution in [2.24, 2.45) is 4.99 Å². The highest BCUT2D eigenvalue weighted by Crippen LogP contribution is 2.21. The van der Waals surface area contributed by atoms with Crippen LogP contribution in [0.15, 0.2) is 29.3 Å². The van der Waals surface area contributed by atoms with Gasteiger partial charge in [-0.3, -0.25) is 0 Å². The summed E-state index contributed by atoms with van der Waals surface area (Å²) in [4.78, 5) is 3.85. The minimum atomic E-state index is -0.172. The first-order valence-corrected chi connectivity index (χ1v) is 4.79. The van der Waals surface area contributed by atoms with Crippen molar-refractivity contribution >= 4 is 23.1 Å². The van der Waals surface area contributed by atoms with Crippen LogP contribution < -0.4 is 4.74 Å². The van der Waals surface area contributed by atoms with Gasteiger partial charge in [0, 0.05) is 0 Å². The van der Waals surface area contributed by atoms with Crippen molar-refractivity contribution < 1.29 is 4.74 Å². The second kappa shape index (κ2) is 4.36. The summed E-state index contributed by atoms with van der Waals surface area (Å²) < 4.78 is 5.65. The van der Waals surface area contributed by atoms with Gasteiger partial charge in [0.05, 0.1) is 10.8 Å². The summed E-state index contributed by atoms with van der Waals surface area (Å²) in [6, 6.07) is 7.44. The Kier molecular flexibility index (Phi) is 3.39. The zero-order chi connectivity index (χ0) is 10.6. The molecule has 0 aliphatic carbocycles. The van der Waals surface area contributed by atoms with E-state index in [-0.39, 0.29) is 5.60 Å². The number of ether oxygens (including phenoxy) is 1. The van der Waals surface area contributed by atoms with Gasteiger partial charge in [-0.05, 0) is 57.3 Å². The minimum absolute atomic E-state index is 0.172. The standard InChI is InChI=1S/C11H13NOS/c1-11(2,3)13-10-6-4-9(5-7-10)12-8-14/h4-7H,1-3H3.